The van der Waals surface area contributed by atoms with Crippen LogP contribution in [-0.4, -0.2) is 39.7 Å². The van der Waals surface area contributed by atoms with E-state index in [2.05, 4.69) is 35.3 Å². The van der Waals surface area contributed by atoms with Crippen LogP contribution in [0.1, 0.15) is 0 Å². The van der Waals surface area contributed by atoms with E-state index in [1.807, 2.05) is 0 Å². The zero-order valence-electron chi connectivity index (χ0n) is 8.99. The number of anilines is 1. The Morgan fingerprint density at radius 2 is 2.17 bits per heavy atom. The van der Waals surface area contributed by atoms with Crippen molar-refractivity contribution in [3.63, 3.8) is 0 Å². The largest absolute Gasteiger partial charge is 0.382 e. The van der Waals surface area contributed by atoms with Gasteiger partial charge in [0.05, 0.1) is 6.33 Å². The van der Waals surface area contributed by atoms with Gasteiger partial charge in [-0.2, -0.15) is 5.10 Å². The van der Waals surface area contributed by atoms with Crippen molar-refractivity contribution in [1.82, 2.24) is 39.7 Å². The van der Waals surface area contributed by atoms with Crippen molar-refractivity contribution < 1.29 is 0 Å². The lowest BCUT2D eigenvalue weighted by molar-refractivity contribution is 1.04. The second kappa shape index (κ2) is 3.03. The number of aromatic nitrogens is 8. The third kappa shape index (κ3) is 1.07. The van der Waals surface area contributed by atoms with Crippen LogP contribution in [0, 0.1) is 0 Å². The van der Waals surface area contributed by atoms with Crippen molar-refractivity contribution in [2.24, 2.45) is 0 Å². The van der Waals surface area contributed by atoms with Crippen LogP contribution in [0.2, 0.25) is 0 Å². The molecule has 4 aromatic heterocycles. The van der Waals surface area contributed by atoms with Gasteiger partial charge < -0.3 is 10.7 Å². The molecular weight excluding hydrogens is 234 g/mol. The van der Waals surface area contributed by atoms with Crippen molar-refractivity contribution in [3.8, 4) is 11.5 Å². The Labute approximate surface area is 99.1 Å². The van der Waals surface area contributed by atoms with Crippen molar-refractivity contribution in [1.29, 1.82) is 0 Å². The number of hydrogen-bond acceptors (Lipinski definition) is 6. The monoisotopic (exact) mass is 241 g/mol. The lowest BCUT2D eigenvalue weighted by Crippen LogP contribution is -1.92. The van der Waals surface area contributed by atoms with Crippen LogP contribution in [0.15, 0.2) is 18.7 Å². The third-order valence-corrected chi connectivity index (χ3v) is 2.67. The highest BCUT2D eigenvalue weighted by Gasteiger charge is 2.13. The highest BCUT2D eigenvalue weighted by Crippen LogP contribution is 2.20. The second-order valence-corrected chi connectivity index (χ2v) is 3.77. The topological polar surface area (TPSA) is 126 Å². The summed E-state index contributed by atoms with van der Waals surface area (Å²) in [4.78, 5) is 11.3. The summed E-state index contributed by atoms with van der Waals surface area (Å²) in [6.07, 6.45) is 3.19. The summed E-state index contributed by atoms with van der Waals surface area (Å²) in [5.41, 5.74) is 8.25. The smallest absolute Gasteiger partial charge is 0.190 e. The minimum absolute atomic E-state index is 0.400. The number of nitrogens with one attached hydrogen (secondary N) is 2. The van der Waals surface area contributed by atoms with E-state index in [-0.39, 0.29) is 0 Å². The first-order valence-corrected chi connectivity index (χ1v) is 5.17. The Bertz CT molecular complexity index is 851. The first kappa shape index (κ1) is 9.10. The van der Waals surface area contributed by atoms with E-state index >= 15 is 0 Å². The SMILES string of the molecule is Nc1cc(-c2nnc3c4[nH]cnc4ncn23)[nH]n1. The van der Waals surface area contributed by atoms with Gasteiger partial charge in [0.15, 0.2) is 17.1 Å². The van der Waals surface area contributed by atoms with E-state index < -0.39 is 0 Å². The van der Waals surface area contributed by atoms with Gasteiger partial charge >= 0.3 is 0 Å². The minimum atomic E-state index is 0.400. The predicted octanol–water partition coefficient (Wildman–Crippen LogP) is -0.0271. The van der Waals surface area contributed by atoms with E-state index in [0.29, 0.717) is 28.6 Å². The maximum atomic E-state index is 5.57. The van der Waals surface area contributed by atoms with E-state index in [0.717, 1.165) is 5.52 Å². The molecule has 0 amide bonds. The first-order valence-electron chi connectivity index (χ1n) is 5.17. The van der Waals surface area contributed by atoms with Gasteiger partial charge in [-0.15, -0.1) is 10.2 Å². The molecule has 9 heteroatoms. The number of nitrogens with zero attached hydrogens (tertiary/aromatic N) is 6. The predicted molar refractivity (Wildman–Crippen MR) is 62.4 cm³/mol. The molecule has 4 heterocycles. The summed E-state index contributed by atoms with van der Waals surface area (Å²) in [6, 6.07) is 1.69. The molecule has 4 rings (SSSR count). The molecule has 0 aliphatic rings. The lowest BCUT2D eigenvalue weighted by atomic mass is 10.4. The number of fused-ring (bicyclic) bond motifs is 3. The van der Waals surface area contributed by atoms with Gasteiger partial charge in [0.1, 0.15) is 23.4 Å². The van der Waals surface area contributed by atoms with E-state index in [9.17, 15) is 0 Å². The Balaban J connectivity index is 2.07. The van der Waals surface area contributed by atoms with Crippen LogP contribution in [0.4, 0.5) is 5.82 Å². The van der Waals surface area contributed by atoms with E-state index in [1.54, 1.807) is 23.1 Å². The summed E-state index contributed by atoms with van der Waals surface area (Å²) in [6.45, 7) is 0. The first-order chi connectivity index (χ1) is 8.83. The molecule has 4 N–H and O–H groups in total. The Morgan fingerprint density at radius 3 is 3.00 bits per heavy atom. The summed E-state index contributed by atoms with van der Waals surface area (Å²) in [5.74, 6) is 0.996. The average molecular weight is 241 g/mol. The summed E-state index contributed by atoms with van der Waals surface area (Å²) in [7, 11) is 0. The Hall–Kier alpha value is -2.97. The van der Waals surface area contributed by atoms with Crippen molar-refractivity contribution in [2.45, 2.75) is 0 Å². The standard InChI is InChI=1S/C9H7N9/c10-5-1-4(14-15-5)8-16-17-9-6-7(12-2-11-6)13-3-18(8)9/h1-3H,(H,11,12)(H3,10,14,15). The van der Waals surface area contributed by atoms with Gasteiger partial charge in [-0.3, -0.25) is 9.50 Å². The lowest BCUT2D eigenvalue weighted by Gasteiger charge is -1.95. The van der Waals surface area contributed by atoms with Gasteiger partial charge in [-0.1, -0.05) is 0 Å². The number of hydrogen-bond donors (Lipinski definition) is 3. The zero-order chi connectivity index (χ0) is 12.1. The molecule has 88 valence electrons. The second-order valence-electron chi connectivity index (χ2n) is 3.77. The molecule has 0 fully saturated rings. The quantitative estimate of drug-likeness (QED) is 0.429. The zero-order valence-corrected chi connectivity index (χ0v) is 8.99. The van der Waals surface area contributed by atoms with Crippen LogP contribution in [0.25, 0.3) is 28.3 Å². The molecule has 0 aromatic carbocycles. The van der Waals surface area contributed by atoms with Crippen LogP contribution in [0.5, 0.6) is 0 Å². The molecule has 0 aliphatic heterocycles. The van der Waals surface area contributed by atoms with Gasteiger partial charge in [0.25, 0.3) is 0 Å². The normalized spacial score (nSPS) is 11.6. The van der Waals surface area contributed by atoms with Crippen LogP contribution in [-0.2, 0) is 0 Å². The maximum Gasteiger partial charge on any atom is 0.190 e. The fourth-order valence-electron chi connectivity index (χ4n) is 1.87. The molecule has 4 aromatic rings. The fourth-order valence-corrected chi connectivity index (χ4v) is 1.87. The van der Waals surface area contributed by atoms with Crippen molar-refractivity contribution in [3.05, 3.63) is 18.7 Å². The Morgan fingerprint density at radius 1 is 1.22 bits per heavy atom. The van der Waals surface area contributed by atoms with Gasteiger partial charge in [0, 0.05) is 6.07 Å². The number of nitrogens with two attached hydrogens (primary N) is 1. The molecule has 0 radical (unpaired) electrons. The van der Waals surface area contributed by atoms with E-state index in [1.165, 1.54) is 0 Å². The molecule has 9 nitrogen and oxygen atoms in total. The van der Waals surface area contributed by atoms with E-state index in [4.69, 9.17) is 5.73 Å². The van der Waals surface area contributed by atoms with Crippen molar-refractivity contribution >= 4 is 22.6 Å². The summed E-state index contributed by atoms with van der Waals surface area (Å²) in [5, 5.41) is 14.9. The molecule has 0 saturated heterocycles. The molecule has 0 unspecified atom stereocenters. The number of imidazole rings is 1. The van der Waals surface area contributed by atoms with Crippen molar-refractivity contribution in [2.75, 3.05) is 5.73 Å². The van der Waals surface area contributed by atoms with Gasteiger partial charge in [-0.05, 0) is 0 Å². The molecule has 0 bridgehead atoms. The number of nitrogen functional groups attached to an aromatic ring is 1. The Kier molecular flexibility index (Phi) is 1.53. The molecule has 0 spiro atoms. The number of H-pyrrole nitrogens is 2. The maximum absolute atomic E-state index is 5.57. The summed E-state index contributed by atoms with van der Waals surface area (Å²) >= 11 is 0. The number of aromatic amines is 2. The fraction of sp³-hybridized carbons (Fsp3) is 0. The molecule has 0 saturated carbocycles. The third-order valence-electron chi connectivity index (χ3n) is 2.67. The summed E-state index contributed by atoms with van der Waals surface area (Å²) < 4.78 is 1.74. The molecular formula is C9H7N9. The van der Waals surface area contributed by atoms with Crippen LogP contribution >= 0.6 is 0 Å². The van der Waals surface area contributed by atoms with Crippen LogP contribution < -0.4 is 5.73 Å². The molecule has 0 atom stereocenters. The molecule has 0 aliphatic carbocycles. The van der Waals surface area contributed by atoms with Crippen LogP contribution in [0.3, 0.4) is 0 Å². The number of rotatable bonds is 1. The average Bonchev–Trinajstić information content (AvgIpc) is 3.03. The highest BCUT2D eigenvalue weighted by molar-refractivity contribution is 5.85. The highest BCUT2D eigenvalue weighted by atomic mass is 15.3. The van der Waals surface area contributed by atoms with Gasteiger partial charge in [0.2, 0.25) is 0 Å². The van der Waals surface area contributed by atoms with Gasteiger partial charge in [-0.25, -0.2) is 9.97 Å². The minimum Gasteiger partial charge on any atom is -0.382 e. The molecule has 18 heavy (non-hydrogen) atoms.